The number of thioether (sulfide) groups is 1. The normalized spacial score (nSPS) is 10.5. The lowest BCUT2D eigenvalue weighted by Crippen LogP contribution is -2.43. The average Bonchev–Trinajstić information content (AvgIpc) is 2.76. The van der Waals surface area contributed by atoms with Gasteiger partial charge in [0.25, 0.3) is 11.8 Å². The number of nitrogens with zero attached hydrogens (tertiary/aromatic N) is 2. The van der Waals surface area contributed by atoms with Crippen LogP contribution in [0.25, 0.3) is 0 Å². The molecule has 0 saturated carbocycles. The van der Waals surface area contributed by atoms with Crippen molar-refractivity contribution in [3.05, 3.63) is 81.1 Å². The maximum Gasteiger partial charge on any atom is 0.276 e. The Morgan fingerprint density at radius 1 is 0.938 bits per heavy atom. The predicted molar refractivity (Wildman–Crippen MR) is 125 cm³/mol. The summed E-state index contributed by atoms with van der Waals surface area (Å²) in [5.74, 6) is 0.101. The Balaban J connectivity index is 1.44. The predicted octanol–water partition coefficient (Wildman–Crippen LogP) is 4.53. The number of benzene rings is 2. The maximum atomic E-state index is 12.2. The summed E-state index contributed by atoms with van der Waals surface area (Å²) in [7, 11) is 0. The van der Waals surface area contributed by atoms with Gasteiger partial charge in [0.2, 0.25) is 0 Å². The van der Waals surface area contributed by atoms with Crippen molar-refractivity contribution in [1.29, 1.82) is 0 Å². The van der Waals surface area contributed by atoms with Gasteiger partial charge < -0.3 is 4.74 Å². The Bertz CT molecular complexity index is 1110. The molecule has 2 amide bonds. The molecule has 3 aromatic rings. The van der Waals surface area contributed by atoms with Gasteiger partial charge in [-0.25, -0.2) is 9.97 Å². The third-order valence-corrected chi connectivity index (χ3v) is 5.78. The van der Waals surface area contributed by atoms with E-state index in [1.165, 1.54) is 17.8 Å². The SMILES string of the molecule is Cc1cc(C)nc(SCc2ccc(C(=O)NNC(=O)COc3ccc(Cl)c(Cl)c3)cc2)n1. The van der Waals surface area contributed by atoms with Crippen molar-refractivity contribution in [3.63, 3.8) is 0 Å². The smallest absolute Gasteiger partial charge is 0.276 e. The number of nitrogens with one attached hydrogen (secondary N) is 2. The molecule has 0 radical (unpaired) electrons. The second-order valence-electron chi connectivity index (χ2n) is 6.79. The molecule has 0 saturated heterocycles. The van der Waals surface area contributed by atoms with E-state index in [1.54, 1.807) is 24.3 Å². The van der Waals surface area contributed by atoms with E-state index in [2.05, 4.69) is 20.8 Å². The maximum absolute atomic E-state index is 12.2. The number of carbonyl (C=O) groups excluding carboxylic acids is 2. The number of halogens is 2. The Hall–Kier alpha value is -2.81. The number of aromatic nitrogens is 2. The van der Waals surface area contributed by atoms with Crippen molar-refractivity contribution in [3.8, 4) is 5.75 Å². The number of ether oxygens (including phenoxy) is 1. The van der Waals surface area contributed by atoms with Crippen LogP contribution in [0.5, 0.6) is 5.75 Å². The summed E-state index contributed by atoms with van der Waals surface area (Å²) in [4.78, 5) is 33.0. The number of hydrogen-bond donors (Lipinski definition) is 2. The second kappa shape index (κ2) is 11.2. The zero-order chi connectivity index (χ0) is 23.1. The van der Waals surface area contributed by atoms with E-state index in [9.17, 15) is 9.59 Å². The topological polar surface area (TPSA) is 93.2 Å². The fourth-order valence-corrected chi connectivity index (χ4v) is 3.80. The highest BCUT2D eigenvalue weighted by Crippen LogP contribution is 2.26. The Morgan fingerprint density at radius 3 is 2.28 bits per heavy atom. The first-order valence-corrected chi connectivity index (χ1v) is 11.3. The molecule has 0 spiro atoms. The summed E-state index contributed by atoms with van der Waals surface area (Å²) < 4.78 is 5.32. The Kier molecular flexibility index (Phi) is 8.33. The van der Waals surface area contributed by atoms with Crippen molar-refractivity contribution >= 4 is 46.8 Å². The molecule has 2 N–H and O–H groups in total. The lowest BCUT2D eigenvalue weighted by Gasteiger charge is -2.10. The highest BCUT2D eigenvalue weighted by Gasteiger charge is 2.09. The van der Waals surface area contributed by atoms with Gasteiger partial charge in [-0.05, 0) is 49.7 Å². The number of amides is 2. The van der Waals surface area contributed by atoms with Crippen molar-refractivity contribution < 1.29 is 14.3 Å². The van der Waals surface area contributed by atoms with E-state index in [4.69, 9.17) is 27.9 Å². The van der Waals surface area contributed by atoms with Crippen LogP contribution in [0.3, 0.4) is 0 Å². The molecule has 0 atom stereocenters. The lowest BCUT2D eigenvalue weighted by molar-refractivity contribution is -0.123. The van der Waals surface area contributed by atoms with Gasteiger partial charge in [0.15, 0.2) is 11.8 Å². The van der Waals surface area contributed by atoms with Gasteiger partial charge in [-0.2, -0.15) is 0 Å². The van der Waals surface area contributed by atoms with Crippen molar-refractivity contribution in [2.75, 3.05) is 6.61 Å². The molecule has 10 heteroatoms. The number of aryl methyl sites for hydroxylation is 2. The molecule has 0 aliphatic carbocycles. The Morgan fingerprint density at radius 2 is 1.62 bits per heavy atom. The summed E-state index contributed by atoms with van der Waals surface area (Å²) in [6, 6.07) is 13.6. The van der Waals surface area contributed by atoms with Gasteiger partial charge in [-0.1, -0.05) is 47.1 Å². The number of hydrazine groups is 1. The van der Waals surface area contributed by atoms with Crippen molar-refractivity contribution in [2.45, 2.75) is 24.8 Å². The van der Waals surface area contributed by atoms with Gasteiger partial charge in [0, 0.05) is 28.8 Å². The summed E-state index contributed by atoms with van der Waals surface area (Å²) >= 11 is 13.3. The zero-order valence-electron chi connectivity index (χ0n) is 17.3. The van der Waals surface area contributed by atoms with Crippen LogP contribution in [0.1, 0.15) is 27.3 Å². The molecule has 32 heavy (non-hydrogen) atoms. The first-order valence-electron chi connectivity index (χ1n) is 9.51. The first kappa shape index (κ1) is 23.8. The third kappa shape index (κ3) is 7.12. The molecule has 3 rings (SSSR count). The standard InChI is InChI=1S/C22H20Cl2N4O3S/c1-13-9-14(2)26-22(25-13)32-12-15-3-5-16(6-4-15)21(30)28-27-20(29)11-31-17-7-8-18(23)19(24)10-17/h3-10H,11-12H2,1-2H3,(H,27,29)(H,28,30). The van der Waals surface area contributed by atoms with E-state index in [-0.39, 0.29) is 6.61 Å². The van der Waals surface area contributed by atoms with Crippen molar-refractivity contribution in [1.82, 2.24) is 20.8 Å². The minimum atomic E-state index is -0.522. The average molecular weight is 491 g/mol. The van der Waals surface area contributed by atoms with E-state index < -0.39 is 11.8 Å². The van der Waals surface area contributed by atoms with Crippen LogP contribution in [0.2, 0.25) is 10.0 Å². The van der Waals surface area contributed by atoms with Crippen LogP contribution < -0.4 is 15.6 Å². The van der Waals surface area contributed by atoms with Crippen LogP contribution >= 0.6 is 35.0 Å². The van der Waals surface area contributed by atoms with Gasteiger partial charge in [0.05, 0.1) is 10.0 Å². The quantitative estimate of drug-likeness (QED) is 0.287. The van der Waals surface area contributed by atoms with Gasteiger partial charge in [-0.15, -0.1) is 0 Å². The number of rotatable bonds is 7. The number of carbonyl (C=O) groups is 2. The van der Waals surface area contributed by atoms with Gasteiger partial charge in [-0.3, -0.25) is 20.4 Å². The van der Waals surface area contributed by atoms with Gasteiger partial charge in [0.1, 0.15) is 5.75 Å². The van der Waals surface area contributed by atoms with E-state index in [0.717, 1.165) is 22.1 Å². The molecule has 0 aliphatic heterocycles. The van der Waals surface area contributed by atoms with Crippen LogP contribution in [0.4, 0.5) is 0 Å². The van der Waals surface area contributed by atoms with Crippen molar-refractivity contribution in [2.24, 2.45) is 0 Å². The largest absolute Gasteiger partial charge is 0.484 e. The monoisotopic (exact) mass is 490 g/mol. The van der Waals surface area contributed by atoms with E-state index in [1.807, 2.05) is 32.0 Å². The second-order valence-corrected chi connectivity index (χ2v) is 8.54. The van der Waals surface area contributed by atoms with Crippen LogP contribution in [-0.4, -0.2) is 28.4 Å². The lowest BCUT2D eigenvalue weighted by atomic mass is 10.1. The fourth-order valence-electron chi connectivity index (χ4n) is 2.61. The first-order chi connectivity index (χ1) is 15.3. The third-order valence-electron chi connectivity index (χ3n) is 4.12. The minimum Gasteiger partial charge on any atom is -0.484 e. The Labute approximate surface area is 199 Å². The molecule has 2 aromatic carbocycles. The van der Waals surface area contributed by atoms with Gasteiger partial charge >= 0.3 is 0 Å². The van der Waals surface area contributed by atoms with E-state index >= 15 is 0 Å². The molecule has 1 aromatic heterocycles. The minimum absolute atomic E-state index is 0.297. The molecular weight excluding hydrogens is 471 g/mol. The summed E-state index contributed by atoms with van der Waals surface area (Å²) in [5, 5.41) is 1.43. The molecule has 0 unspecified atom stereocenters. The van der Waals surface area contributed by atoms with Crippen LogP contribution in [-0.2, 0) is 10.5 Å². The van der Waals surface area contributed by atoms with E-state index in [0.29, 0.717) is 27.1 Å². The molecule has 1 heterocycles. The molecule has 0 aliphatic rings. The zero-order valence-corrected chi connectivity index (χ0v) is 19.6. The summed E-state index contributed by atoms with van der Waals surface area (Å²) in [6.45, 7) is 3.57. The summed E-state index contributed by atoms with van der Waals surface area (Å²) in [5.41, 5.74) is 7.95. The molecule has 166 valence electrons. The highest BCUT2D eigenvalue weighted by atomic mass is 35.5. The highest BCUT2D eigenvalue weighted by molar-refractivity contribution is 7.98. The molecular formula is C22H20Cl2N4O3S. The number of hydrogen-bond acceptors (Lipinski definition) is 6. The summed E-state index contributed by atoms with van der Waals surface area (Å²) in [6.07, 6.45) is 0. The molecule has 7 nitrogen and oxygen atoms in total. The van der Waals surface area contributed by atoms with Crippen LogP contribution in [0.15, 0.2) is 53.7 Å². The molecule has 0 bridgehead atoms. The molecule has 0 fully saturated rings. The fraction of sp³-hybridized carbons (Fsp3) is 0.182. The van der Waals surface area contributed by atoms with Crippen LogP contribution in [0, 0.1) is 13.8 Å².